The van der Waals surface area contributed by atoms with Gasteiger partial charge in [0.05, 0.1) is 10.1 Å². The van der Waals surface area contributed by atoms with Gasteiger partial charge in [-0.25, -0.2) is 4.79 Å². The normalized spacial score (nSPS) is 24.0. The van der Waals surface area contributed by atoms with E-state index >= 15 is 0 Å². The third-order valence-corrected chi connectivity index (χ3v) is 8.05. The Bertz CT molecular complexity index is 614. The molecule has 2 fully saturated rings. The molecule has 0 unspecified atom stereocenters. The van der Waals surface area contributed by atoms with E-state index in [1.807, 2.05) is 35.7 Å². The fraction of sp³-hybridized carbons (Fsp3) is 0.600. The molecule has 0 bridgehead atoms. The largest absolute Gasteiger partial charge is 0.452 e. The molecule has 1 aromatic rings. The van der Waals surface area contributed by atoms with Crippen LogP contribution in [0.15, 0.2) is 24.3 Å². The van der Waals surface area contributed by atoms with Gasteiger partial charge in [0.2, 0.25) is 0 Å². The first-order valence-corrected chi connectivity index (χ1v) is 11.5. The minimum absolute atomic E-state index is 0.205. The summed E-state index contributed by atoms with van der Waals surface area (Å²) in [5.74, 6) is 2.23. The van der Waals surface area contributed by atoms with E-state index in [0.717, 1.165) is 19.3 Å². The van der Waals surface area contributed by atoms with Crippen LogP contribution in [0, 0.1) is 5.92 Å². The molecule has 3 rings (SSSR count). The summed E-state index contributed by atoms with van der Waals surface area (Å²) in [6, 6.07) is 7.80. The van der Waals surface area contributed by atoms with Crippen LogP contribution in [0.4, 0.5) is 0 Å². The molecule has 2 atom stereocenters. The molecule has 1 saturated carbocycles. The van der Waals surface area contributed by atoms with E-state index in [4.69, 9.17) is 4.74 Å². The van der Waals surface area contributed by atoms with Crippen molar-refractivity contribution in [3.63, 3.8) is 0 Å². The summed E-state index contributed by atoms with van der Waals surface area (Å²) in [7, 11) is 0. The molecular formula is C20H27NO3S2. The van der Waals surface area contributed by atoms with Crippen LogP contribution in [-0.2, 0) is 9.53 Å². The van der Waals surface area contributed by atoms with Crippen molar-refractivity contribution in [2.24, 2.45) is 5.92 Å². The van der Waals surface area contributed by atoms with Crippen molar-refractivity contribution < 1.29 is 14.3 Å². The van der Waals surface area contributed by atoms with E-state index in [1.54, 1.807) is 12.1 Å². The topological polar surface area (TPSA) is 55.4 Å². The number of amides is 1. The van der Waals surface area contributed by atoms with Gasteiger partial charge in [-0.15, -0.1) is 23.5 Å². The molecule has 142 valence electrons. The second-order valence-corrected chi connectivity index (χ2v) is 9.79. The Morgan fingerprint density at radius 2 is 1.77 bits per heavy atom. The number of ether oxygens (including phenoxy) is 1. The van der Waals surface area contributed by atoms with Crippen LogP contribution < -0.4 is 5.32 Å². The molecule has 0 aromatic heterocycles. The van der Waals surface area contributed by atoms with Crippen molar-refractivity contribution >= 4 is 35.4 Å². The van der Waals surface area contributed by atoms with E-state index in [2.05, 4.69) is 12.2 Å². The van der Waals surface area contributed by atoms with Gasteiger partial charge in [0, 0.05) is 6.04 Å². The van der Waals surface area contributed by atoms with Crippen molar-refractivity contribution in [3.05, 3.63) is 35.4 Å². The average molecular weight is 394 g/mol. The first-order valence-electron chi connectivity index (χ1n) is 9.43. The van der Waals surface area contributed by atoms with Crippen molar-refractivity contribution in [2.75, 3.05) is 18.1 Å². The van der Waals surface area contributed by atoms with E-state index < -0.39 is 5.97 Å². The zero-order chi connectivity index (χ0) is 18.4. The van der Waals surface area contributed by atoms with Gasteiger partial charge in [0.25, 0.3) is 5.91 Å². The zero-order valence-corrected chi connectivity index (χ0v) is 16.9. The van der Waals surface area contributed by atoms with Gasteiger partial charge >= 0.3 is 5.97 Å². The lowest BCUT2D eigenvalue weighted by atomic mass is 9.86. The summed E-state index contributed by atoms with van der Waals surface area (Å²) in [6.07, 6.45) is 5.81. The van der Waals surface area contributed by atoms with Gasteiger partial charge in [0.1, 0.15) is 0 Å². The number of hydrogen-bond donors (Lipinski definition) is 1. The molecule has 1 heterocycles. The van der Waals surface area contributed by atoms with Crippen LogP contribution in [0.25, 0.3) is 0 Å². The molecule has 1 aliphatic heterocycles. The van der Waals surface area contributed by atoms with Gasteiger partial charge in [-0.3, -0.25) is 4.79 Å². The predicted molar refractivity (Wildman–Crippen MR) is 109 cm³/mol. The first-order chi connectivity index (χ1) is 12.6. The lowest BCUT2D eigenvalue weighted by molar-refractivity contribution is -0.125. The maximum Gasteiger partial charge on any atom is 0.338 e. The Morgan fingerprint density at radius 1 is 1.08 bits per heavy atom. The van der Waals surface area contributed by atoms with Gasteiger partial charge in [0.15, 0.2) is 6.61 Å². The molecule has 1 aliphatic carbocycles. The molecule has 2 aliphatic rings. The highest BCUT2D eigenvalue weighted by molar-refractivity contribution is 8.16. The molecule has 1 amide bonds. The summed E-state index contributed by atoms with van der Waals surface area (Å²) >= 11 is 3.91. The average Bonchev–Trinajstić information content (AvgIpc) is 2.69. The summed E-state index contributed by atoms with van der Waals surface area (Å²) < 4.78 is 5.65. The summed E-state index contributed by atoms with van der Waals surface area (Å²) in [5.41, 5.74) is 1.73. The van der Waals surface area contributed by atoms with Crippen molar-refractivity contribution in [3.8, 4) is 0 Å². The highest BCUT2D eigenvalue weighted by Gasteiger charge is 2.23. The van der Waals surface area contributed by atoms with Crippen LogP contribution in [-0.4, -0.2) is 36.0 Å². The van der Waals surface area contributed by atoms with Crippen molar-refractivity contribution in [1.29, 1.82) is 0 Å². The smallest absolute Gasteiger partial charge is 0.338 e. The quantitative estimate of drug-likeness (QED) is 0.751. The summed E-state index contributed by atoms with van der Waals surface area (Å²) in [5, 5.41) is 3.01. The number of carbonyl (C=O) groups excluding carboxylic acids is 2. The molecule has 1 saturated heterocycles. The van der Waals surface area contributed by atoms with Crippen molar-refractivity contribution in [2.45, 2.75) is 49.7 Å². The number of esters is 1. The minimum Gasteiger partial charge on any atom is -0.452 e. The summed E-state index contributed by atoms with van der Waals surface area (Å²) in [4.78, 5) is 24.2. The standard InChI is InChI=1S/C20H27NO3S2/c1-14-5-2-3-6-17(14)21-18(22)13-24-19(23)15-7-9-16(10-8-15)20-25-11-4-12-26-20/h7-10,14,17,20H,2-6,11-13H2,1H3,(H,21,22)/t14-,17-/m1/s1. The summed E-state index contributed by atoms with van der Waals surface area (Å²) in [6.45, 7) is 1.96. The van der Waals surface area contributed by atoms with E-state index in [-0.39, 0.29) is 18.6 Å². The van der Waals surface area contributed by atoms with E-state index in [0.29, 0.717) is 16.1 Å². The third kappa shape index (κ3) is 5.43. The molecular weight excluding hydrogens is 366 g/mol. The maximum atomic E-state index is 12.2. The van der Waals surface area contributed by atoms with Crippen LogP contribution in [0.3, 0.4) is 0 Å². The number of hydrogen-bond acceptors (Lipinski definition) is 5. The lowest BCUT2D eigenvalue weighted by Crippen LogP contribution is -2.42. The van der Waals surface area contributed by atoms with Gasteiger partial charge in [-0.05, 0) is 54.4 Å². The highest BCUT2D eigenvalue weighted by atomic mass is 32.2. The second kappa shape index (κ2) is 9.70. The van der Waals surface area contributed by atoms with Crippen LogP contribution in [0.1, 0.15) is 59.5 Å². The molecule has 4 nitrogen and oxygen atoms in total. The fourth-order valence-electron chi connectivity index (χ4n) is 3.45. The van der Waals surface area contributed by atoms with Gasteiger partial charge in [-0.2, -0.15) is 0 Å². The van der Waals surface area contributed by atoms with Gasteiger partial charge in [-0.1, -0.05) is 31.9 Å². The Hall–Kier alpha value is -1.14. The van der Waals surface area contributed by atoms with Gasteiger partial charge < -0.3 is 10.1 Å². The van der Waals surface area contributed by atoms with Crippen LogP contribution in [0.5, 0.6) is 0 Å². The number of rotatable bonds is 5. The minimum atomic E-state index is -0.438. The Balaban J connectivity index is 1.46. The number of nitrogens with one attached hydrogen (secondary N) is 1. The number of thioether (sulfide) groups is 2. The first kappa shape index (κ1) is 19.6. The Labute approximate surface area is 164 Å². The van der Waals surface area contributed by atoms with E-state index in [1.165, 1.54) is 29.9 Å². The Morgan fingerprint density at radius 3 is 2.46 bits per heavy atom. The fourth-order valence-corrected chi connectivity index (χ4v) is 6.34. The molecule has 1 aromatic carbocycles. The van der Waals surface area contributed by atoms with Crippen molar-refractivity contribution in [1.82, 2.24) is 5.32 Å². The van der Waals surface area contributed by atoms with E-state index in [9.17, 15) is 9.59 Å². The monoisotopic (exact) mass is 393 g/mol. The highest BCUT2D eigenvalue weighted by Crippen LogP contribution is 2.43. The predicted octanol–water partition coefficient (Wildman–Crippen LogP) is 4.41. The Kier molecular flexibility index (Phi) is 7.32. The number of carbonyl (C=O) groups is 2. The molecule has 26 heavy (non-hydrogen) atoms. The second-order valence-electron chi connectivity index (χ2n) is 7.06. The lowest BCUT2D eigenvalue weighted by Gasteiger charge is -2.29. The van der Waals surface area contributed by atoms with Crippen LogP contribution in [0.2, 0.25) is 0 Å². The van der Waals surface area contributed by atoms with Crippen LogP contribution >= 0.6 is 23.5 Å². The molecule has 6 heteroatoms. The SMILES string of the molecule is C[C@@H]1CCCC[C@H]1NC(=O)COC(=O)c1ccc(C2SCCCS2)cc1. The molecule has 0 spiro atoms. The molecule has 1 N–H and O–H groups in total. The zero-order valence-electron chi connectivity index (χ0n) is 15.2. The maximum absolute atomic E-state index is 12.2. The number of benzene rings is 1. The molecule has 0 radical (unpaired) electrons. The third-order valence-electron chi connectivity index (χ3n) is 5.04.